The minimum Gasteiger partial charge on any atom is -0.466 e. The maximum absolute atomic E-state index is 12.3. The van der Waals surface area contributed by atoms with Gasteiger partial charge in [0.2, 0.25) is 0 Å². The van der Waals surface area contributed by atoms with Crippen molar-refractivity contribution in [2.45, 2.75) is 20.0 Å². The van der Waals surface area contributed by atoms with E-state index in [0.717, 1.165) is 18.8 Å². The number of hydrogen-bond donors (Lipinski definition) is 1. The summed E-state index contributed by atoms with van der Waals surface area (Å²) in [6, 6.07) is 1.74. The van der Waals surface area contributed by atoms with Crippen LogP contribution in [0.5, 0.6) is 0 Å². The van der Waals surface area contributed by atoms with Crippen molar-refractivity contribution in [2.24, 2.45) is 0 Å². The molecule has 1 unspecified atom stereocenters. The summed E-state index contributed by atoms with van der Waals surface area (Å²) >= 11 is 0. The number of amides is 1. The van der Waals surface area contributed by atoms with Crippen LogP contribution in [0.25, 0.3) is 0 Å². The second-order valence-electron chi connectivity index (χ2n) is 5.58. The largest absolute Gasteiger partial charge is 0.466 e. The Morgan fingerprint density at radius 2 is 2.10 bits per heavy atom. The van der Waals surface area contributed by atoms with Gasteiger partial charge >= 0.3 is 0 Å². The molecule has 118 valence electrons. The maximum atomic E-state index is 12.3. The van der Waals surface area contributed by atoms with E-state index in [9.17, 15) is 9.90 Å². The molecule has 1 aromatic rings. The van der Waals surface area contributed by atoms with Crippen LogP contribution in [0.3, 0.4) is 0 Å². The number of aryl methyl sites for hydroxylation is 2. The summed E-state index contributed by atoms with van der Waals surface area (Å²) in [4.78, 5) is 16.0. The third-order valence-corrected chi connectivity index (χ3v) is 3.68. The van der Waals surface area contributed by atoms with E-state index >= 15 is 0 Å². The Bertz CT molecular complexity index is 480. The first-order chi connectivity index (χ1) is 9.97. The van der Waals surface area contributed by atoms with E-state index in [1.54, 1.807) is 24.9 Å². The standard InChI is InChI=1S/C15H24N2O4/c1-11-8-14(12(2)21-11)15(19)16(3)9-13(18)10-17-4-6-20-7-5-17/h8,13,18H,4-7,9-10H2,1-3H3. The van der Waals surface area contributed by atoms with Crippen molar-refractivity contribution in [3.05, 3.63) is 23.2 Å². The SMILES string of the molecule is Cc1cc(C(=O)N(C)CC(O)CN2CCOCC2)c(C)o1. The van der Waals surface area contributed by atoms with Gasteiger partial charge in [-0.3, -0.25) is 9.69 Å². The van der Waals surface area contributed by atoms with Crippen molar-refractivity contribution in [1.29, 1.82) is 0 Å². The van der Waals surface area contributed by atoms with E-state index in [1.165, 1.54) is 0 Å². The van der Waals surface area contributed by atoms with Crippen LogP contribution in [0.1, 0.15) is 21.9 Å². The van der Waals surface area contributed by atoms with Crippen LogP contribution < -0.4 is 0 Å². The van der Waals surface area contributed by atoms with Gasteiger partial charge in [-0.1, -0.05) is 0 Å². The molecule has 1 atom stereocenters. The highest BCUT2D eigenvalue weighted by atomic mass is 16.5. The molecule has 1 N–H and O–H groups in total. The lowest BCUT2D eigenvalue weighted by molar-refractivity contribution is 0.00877. The molecule has 1 amide bonds. The lowest BCUT2D eigenvalue weighted by atomic mass is 10.2. The fraction of sp³-hybridized carbons (Fsp3) is 0.667. The van der Waals surface area contributed by atoms with Crippen LogP contribution in [-0.2, 0) is 4.74 Å². The van der Waals surface area contributed by atoms with Crippen LogP contribution in [-0.4, -0.2) is 73.4 Å². The first-order valence-corrected chi connectivity index (χ1v) is 7.28. The zero-order chi connectivity index (χ0) is 15.4. The number of rotatable bonds is 5. The fourth-order valence-corrected chi connectivity index (χ4v) is 2.59. The summed E-state index contributed by atoms with van der Waals surface area (Å²) in [7, 11) is 1.70. The number of likely N-dealkylation sites (N-methyl/N-ethyl adjacent to an activating group) is 1. The van der Waals surface area contributed by atoms with Crippen molar-refractivity contribution in [1.82, 2.24) is 9.80 Å². The van der Waals surface area contributed by atoms with Gasteiger partial charge in [0.1, 0.15) is 11.5 Å². The lowest BCUT2D eigenvalue weighted by Crippen LogP contribution is -2.45. The summed E-state index contributed by atoms with van der Waals surface area (Å²) in [5.74, 6) is 1.22. The second kappa shape index (κ2) is 7.06. The third-order valence-electron chi connectivity index (χ3n) is 3.68. The van der Waals surface area contributed by atoms with E-state index < -0.39 is 6.10 Å². The first-order valence-electron chi connectivity index (χ1n) is 7.28. The number of nitrogens with zero attached hydrogens (tertiary/aromatic N) is 2. The fourth-order valence-electron chi connectivity index (χ4n) is 2.59. The Morgan fingerprint density at radius 1 is 1.43 bits per heavy atom. The monoisotopic (exact) mass is 296 g/mol. The number of carbonyl (C=O) groups is 1. The number of carbonyl (C=O) groups excluding carboxylic acids is 1. The molecule has 1 aliphatic heterocycles. The third kappa shape index (κ3) is 4.30. The first kappa shape index (κ1) is 16.0. The molecule has 0 aliphatic carbocycles. The van der Waals surface area contributed by atoms with Crippen molar-refractivity contribution in [3.8, 4) is 0 Å². The highest BCUT2D eigenvalue weighted by Gasteiger charge is 2.21. The molecule has 0 spiro atoms. The van der Waals surface area contributed by atoms with Crippen molar-refractivity contribution >= 4 is 5.91 Å². The van der Waals surface area contributed by atoms with Gasteiger partial charge in [0.15, 0.2) is 0 Å². The van der Waals surface area contributed by atoms with Crippen molar-refractivity contribution < 1.29 is 19.1 Å². The van der Waals surface area contributed by atoms with Gasteiger partial charge in [0.05, 0.1) is 24.9 Å². The molecule has 1 aromatic heterocycles. The predicted molar refractivity (Wildman–Crippen MR) is 78.4 cm³/mol. The molecule has 6 heteroatoms. The molecule has 6 nitrogen and oxygen atoms in total. The summed E-state index contributed by atoms with van der Waals surface area (Å²) in [6.45, 7) is 7.52. The molecule has 0 radical (unpaired) electrons. The summed E-state index contributed by atoms with van der Waals surface area (Å²) < 4.78 is 10.7. The molecule has 2 heterocycles. The highest BCUT2D eigenvalue weighted by molar-refractivity contribution is 5.95. The Balaban J connectivity index is 1.86. The second-order valence-corrected chi connectivity index (χ2v) is 5.58. The molecule has 0 saturated carbocycles. The van der Waals surface area contributed by atoms with E-state index in [1.807, 2.05) is 6.92 Å². The summed E-state index contributed by atoms with van der Waals surface area (Å²) in [5, 5.41) is 10.1. The molecule has 0 bridgehead atoms. The zero-order valence-electron chi connectivity index (χ0n) is 13.0. The van der Waals surface area contributed by atoms with Gasteiger partial charge in [-0.25, -0.2) is 0 Å². The Labute approximate surface area is 125 Å². The van der Waals surface area contributed by atoms with Crippen LogP contribution >= 0.6 is 0 Å². The van der Waals surface area contributed by atoms with Crippen LogP contribution in [0.15, 0.2) is 10.5 Å². The maximum Gasteiger partial charge on any atom is 0.257 e. The normalized spacial score (nSPS) is 17.7. The van der Waals surface area contributed by atoms with Gasteiger partial charge in [-0.05, 0) is 19.9 Å². The van der Waals surface area contributed by atoms with E-state index in [0.29, 0.717) is 37.6 Å². The Morgan fingerprint density at radius 3 is 2.67 bits per heavy atom. The van der Waals surface area contributed by atoms with Gasteiger partial charge in [-0.2, -0.15) is 0 Å². The topological polar surface area (TPSA) is 66.2 Å². The molecular weight excluding hydrogens is 272 g/mol. The van der Waals surface area contributed by atoms with Crippen LogP contribution in [0.4, 0.5) is 0 Å². The summed E-state index contributed by atoms with van der Waals surface area (Å²) in [6.07, 6.45) is -0.564. The molecular formula is C15H24N2O4. The number of ether oxygens (including phenoxy) is 1. The van der Waals surface area contributed by atoms with Crippen LogP contribution in [0.2, 0.25) is 0 Å². The number of aliphatic hydroxyl groups excluding tert-OH is 1. The lowest BCUT2D eigenvalue weighted by Gasteiger charge is -2.30. The number of hydrogen-bond acceptors (Lipinski definition) is 5. The Hall–Kier alpha value is -1.37. The quantitative estimate of drug-likeness (QED) is 0.865. The molecule has 1 saturated heterocycles. The minimum atomic E-state index is -0.564. The van der Waals surface area contributed by atoms with E-state index in [4.69, 9.17) is 9.15 Å². The average molecular weight is 296 g/mol. The van der Waals surface area contributed by atoms with E-state index in [2.05, 4.69) is 4.90 Å². The number of aliphatic hydroxyl groups is 1. The minimum absolute atomic E-state index is 0.120. The number of furan rings is 1. The number of β-amino-alcohol motifs (C(OH)–C–C–N with tert-alkyl or cyclic N) is 1. The predicted octanol–water partition coefficient (Wildman–Crippen LogP) is 0.662. The smallest absolute Gasteiger partial charge is 0.257 e. The van der Waals surface area contributed by atoms with Gasteiger partial charge < -0.3 is 19.2 Å². The molecule has 1 aliphatic rings. The van der Waals surface area contributed by atoms with E-state index in [-0.39, 0.29) is 5.91 Å². The van der Waals surface area contributed by atoms with Crippen LogP contribution in [0, 0.1) is 13.8 Å². The highest BCUT2D eigenvalue weighted by Crippen LogP contribution is 2.15. The van der Waals surface area contributed by atoms with Gasteiger partial charge in [0, 0.05) is 33.2 Å². The van der Waals surface area contributed by atoms with Gasteiger partial charge in [-0.15, -0.1) is 0 Å². The zero-order valence-corrected chi connectivity index (χ0v) is 13.0. The molecule has 1 fully saturated rings. The Kier molecular flexibility index (Phi) is 5.39. The molecule has 2 rings (SSSR count). The van der Waals surface area contributed by atoms with Crippen molar-refractivity contribution in [3.63, 3.8) is 0 Å². The average Bonchev–Trinajstić information content (AvgIpc) is 2.77. The molecule has 0 aromatic carbocycles. The number of morpholine rings is 1. The summed E-state index contributed by atoms with van der Waals surface area (Å²) in [5.41, 5.74) is 0.563. The molecule has 21 heavy (non-hydrogen) atoms. The van der Waals surface area contributed by atoms with Crippen molar-refractivity contribution in [2.75, 3.05) is 46.4 Å². The van der Waals surface area contributed by atoms with Gasteiger partial charge in [0.25, 0.3) is 5.91 Å².